The molecule has 0 aliphatic heterocycles. The Bertz CT molecular complexity index is 539. The molecule has 20 heavy (non-hydrogen) atoms. The van der Waals surface area contributed by atoms with Crippen molar-refractivity contribution in [1.29, 1.82) is 0 Å². The number of aliphatic carboxylic acids is 1. The van der Waals surface area contributed by atoms with Crippen LogP contribution in [0, 0.1) is 0 Å². The number of nitrogens with one attached hydrogen (secondary N) is 2. The van der Waals surface area contributed by atoms with Gasteiger partial charge in [0.2, 0.25) is 0 Å². The third kappa shape index (κ3) is 4.28. The van der Waals surface area contributed by atoms with Crippen LogP contribution in [0.2, 0.25) is 0 Å². The molecule has 1 aromatic rings. The van der Waals surface area contributed by atoms with Gasteiger partial charge in [-0.15, -0.1) is 0 Å². The van der Waals surface area contributed by atoms with Crippen LogP contribution in [-0.4, -0.2) is 23.1 Å². The standard InChI is InChI=1S/C15H16N2O3/c18-14(19)10-7-11-5-8-13(9-6-11)17-15(20)16-12-3-1-2-4-12/h1-2,5-10,12H,3-4H2,(H,18,19)(H2,16,17,20)/b10-7+. The van der Waals surface area contributed by atoms with E-state index < -0.39 is 5.97 Å². The van der Waals surface area contributed by atoms with Gasteiger partial charge in [-0.3, -0.25) is 0 Å². The summed E-state index contributed by atoms with van der Waals surface area (Å²) in [6, 6.07) is 6.89. The molecule has 0 bridgehead atoms. The normalized spacial score (nSPS) is 14.6. The van der Waals surface area contributed by atoms with Crippen molar-refractivity contribution in [2.24, 2.45) is 0 Å². The molecule has 0 saturated heterocycles. The first-order valence-electron chi connectivity index (χ1n) is 6.37. The highest BCUT2D eigenvalue weighted by Gasteiger charge is 2.12. The van der Waals surface area contributed by atoms with E-state index in [0.29, 0.717) is 5.69 Å². The van der Waals surface area contributed by atoms with Crippen molar-refractivity contribution < 1.29 is 14.7 Å². The van der Waals surface area contributed by atoms with E-state index in [1.807, 2.05) is 0 Å². The van der Waals surface area contributed by atoms with Gasteiger partial charge in [0.05, 0.1) is 0 Å². The third-order valence-electron chi connectivity index (χ3n) is 2.93. The van der Waals surface area contributed by atoms with E-state index in [1.165, 1.54) is 6.08 Å². The number of anilines is 1. The molecule has 0 heterocycles. The molecular formula is C15H16N2O3. The van der Waals surface area contributed by atoms with Crippen LogP contribution in [0.3, 0.4) is 0 Å². The van der Waals surface area contributed by atoms with Gasteiger partial charge in [-0.25, -0.2) is 9.59 Å². The molecule has 0 aromatic heterocycles. The Morgan fingerprint density at radius 3 is 2.40 bits per heavy atom. The number of rotatable bonds is 4. The molecule has 104 valence electrons. The highest BCUT2D eigenvalue weighted by Crippen LogP contribution is 2.12. The minimum atomic E-state index is -0.989. The molecule has 2 amide bonds. The predicted octanol–water partition coefficient (Wildman–Crippen LogP) is 2.62. The van der Waals surface area contributed by atoms with Gasteiger partial charge in [0.1, 0.15) is 0 Å². The lowest BCUT2D eigenvalue weighted by molar-refractivity contribution is -0.131. The highest BCUT2D eigenvalue weighted by atomic mass is 16.4. The second kappa shape index (κ2) is 6.56. The zero-order chi connectivity index (χ0) is 14.4. The Hall–Kier alpha value is -2.56. The topological polar surface area (TPSA) is 78.4 Å². The first kappa shape index (κ1) is 13.9. The molecule has 3 N–H and O–H groups in total. The molecule has 5 nitrogen and oxygen atoms in total. The Balaban J connectivity index is 1.86. The number of carbonyl (C=O) groups excluding carboxylic acids is 1. The van der Waals surface area contributed by atoms with E-state index in [9.17, 15) is 9.59 Å². The van der Waals surface area contributed by atoms with Gasteiger partial charge in [-0.2, -0.15) is 0 Å². The monoisotopic (exact) mass is 272 g/mol. The van der Waals surface area contributed by atoms with Crippen molar-refractivity contribution in [1.82, 2.24) is 5.32 Å². The highest BCUT2D eigenvalue weighted by molar-refractivity contribution is 5.90. The third-order valence-corrected chi connectivity index (χ3v) is 2.93. The lowest BCUT2D eigenvalue weighted by Crippen LogP contribution is -2.36. The fraction of sp³-hybridized carbons (Fsp3) is 0.200. The quantitative estimate of drug-likeness (QED) is 0.582. The van der Waals surface area contributed by atoms with Crippen molar-refractivity contribution in [3.05, 3.63) is 48.1 Å². The molecular weight excluding hydrogens is 256 g/mol. The maximum atomic E-state index is 11.7. The number of carbonyl (C=O) groups is 2. The number of hydrogen-bond donors (Lipinski definition) is 3. The summed E-state index contributed by atoms with van der Waals surface area (Å²) >= 11 is 0. The average molecular weight is 272 g/mol. The van der Waals surface area contributed by atoms with E-state index in [0.717, 1.165) is 24.5 Å². The number of carboxylic acids is 1. The summed E-state index contributed by atoms with van der Waals surface area (Å²) in [6.45, 7) is 0. The molecule has 0 saturated carbocycles. The van der Waals surface area contributed by atoms with Crippen LogP contribution >= 0.6 is 0 Å². The van der Waals surface area contributed by atoms with E-state index in [2.05, 4.69) is 22.8 Å². The number of hydrogen-bond acceptors (Lipinski definition) is 2. The van der Waals surface area contributed by atoms with Crippen molar-refractivity contribution >= 4 is 23.8 Å². The SMILES string of the molecule is O=C(O)/C=C/c1ccc(NC(=O)NC2CC=CC2)cc1. The zero-order valence-corrected chi connectivity index (χ0v) is 10.9. The van der Waals surface area contributed by atoms with E-state index >= 15 is 0 Å². The Labute approximate surface area is 117 Å². The number of urea groups is 1. The number of carboxylic acid groups (broad SMARTS) is 1. The van der Waals surface area contributed by atoms with Gasteiger partial charge in [-0.1, -0.05) is 24.3 Å². The lowest BCUT2D eigenvalue weighted by Gasteiger charge is -2.13. The van der Waals surface area contributed by atoms with Crippen LogP contribution in [0.1, 0.15) is 18.4 Å². The van der Waals surface area contributed by atoms with E-state index in [1.54, 1.807) is 24.3 Å². The minimum Gasteiger partial charge on any atom is -0.478 e. The summed E-state index contributed by atoms with van der Waals surface area (Å²) in [5.41, 5.74) is 1.43. The number of amides is 2. The minimum absolute atomic E-state index is 0.174. The molecule has 5 heteroatoms. The molecule has 1 aromatic carbocycles. The summed E-state index contributed by atoms with van der Waals surface area (Å²) in [7, 11) is 0. The van der Waals surface area contributed by atoms with Crippen LogP contribution < -0.4 is 10.6 Å². The van der Waals surface area contributed by atoms with Crippen LogP contribution in [0.25, 0.3) is 6.08 Å². The van der Waals surface area contributed by atoms with Crippen LogP contribution in [-0.2, 0) is 4.79 Å². The van der Waals surface area contributed by atoms with E-state index in [4.69, 9.17) is 5.11 Å². The second-order valence-electron chi connectivity index (χ2n) is 4.53. The van der Waals surface area contributed by atoms with Gasteiger partial charge in [-0.05, 0) is 36.6 Å². The second-order valence-corrected chi connectivity index (χ2v) is 4.53. The molecule has 0 radical (unpaired) electrons. The maximum absolute atomic E-state index is 11.7. The smallest absolute Gasteiger partial charge is 0.328 e. The summed E-state index contributed by atoms with van der Waals surface area (Å²) in [4.78, 5) is 22.1. The molecule has 0 unspecified atom stereocenters. The largest absolute Gasteiger partial charge is 0.478 e. The van der Waals surface area contributed by atoms with Crippen molar-refractivity contribution in [2.45, 2.75) is 18.9 Å². The van der Waals surface area contributed by atoms with Crippen molar-refractivity contribution in [2.75, 3.05) is 5.32 Å². The van der Waals surface area contributed by atoms with Gasteiger partial charge >= 0.3 is 12.0 Å². The maximum Gasteiger partial charge on any atom is 0.328 e. The fourth-order valence-electron chi connectivity index (χ4n) is 1.93. The molecule has 1 aliphatic carbocycles. The van der Waals surface area contributed by atoms with Crippen molar-refractivity contribution in [3.63, 3.8) is 0 Å². The van der Waals surface area contributed by atoms with Crippen LogP contribution in [0.4, 0.5) is 10.5 Å². The van der Waals surface area contributed by atoms with Gasteiger partial charge in [0, 0.05) is 17.8 Å². The molecule has 2 rings (SSSR count). The lowest BCUT2D eigenvalue weighted by atomic mass is 10.2. The summed E-state index contributed by atoms with van der Waals surface area (Å²) in [6.07, 6.45) is 8.40. The first-order chi connectivity index (χ1) is 9.63. The molecule has 0 fully saturated rings. The molecule has 0 atom stereocenters. The Kier molecular flexibility index (Phi) is 4.55. The summed E-state index contributed by atoms with van der Waals surface area (Å²) in [5.74, 6) is -0.989. The van der Waals surface area contributed by atoms with Crippen LogP contribution in [0.5, 0.6) is 0 Å². The van der Waals surface area contributed by atoms with Crippen LogP contribution in [0.15, 0.2) is 42.5 Å². The Morgan fingerprint density at radius 2 is 1.80 bits per heavy atom. The first-order valence-corrected chi connectivity index (χ1v) is 6.37. The van der Waals surface area contributed by atoms with Gasteiger partial charge in [0.15, 0.2) is 0 Å². The molecule has 0 spiro atoms. The zero-order valence-electron chi connectivity index (χ0n) is 10.9. The molecule has 1 aliphatic rings. The predicted molar refractivity (Wildman–Crippen MR) is 77.4 cm³/mol. The van der Waals surface area contributed by atoms with Gasteiger partial charge in [0.25, 0.3) is 0 Å². The van der Waals surface area contributed by atoms with Crippen molar-refractivity contribution in [3.8, 4) is 0 Å². The van der Waals surface area contributed by atoms with Gasteiger partial charge < -0.3 is 15.7 Å². The Morgan fingerprint density at radius 1 is 1.15 bits per heavy atom. The average Bonchev–Trinajstić information content (AvgIpc) is 2.90. The summed E-state index contributed by atoms with van der Waals surface area (Å²) in [5, 5.41) is 14.1. The number of benzene rings is 1. The summed E-state index contributed by atoms with van der Waals surface area (Å²) < 4.78 is 0. The fourth-order valence-corrected chi connectivity index (χ4v) is 1.93. The van der Waals surface area contributed by atoms with E-state index in [-0.39, 0.29) is 12.1 Å².